The van der Waals surface area contributed by atoms with Crippen molar-refractivity contribution in [3.05, 3.63) is 90.0 Å². The summed E-state index contributed by atoms with van der Waals surface area (Å²) >= 11 is 0. The SMILES string of the molecule is CCS(c1ccccc1)(c1ccc(C(C)(C)C)cc1)c1ccc(C(C)(C)C)cc1. The highest BCUT2D eigenvalue weighted by molar-refractivity contribution is 8.33. The van der Waals surface area contributed by atoms with E-state index in [9.17, 15) is 0 Å². The first-order chi connectivity index (χ1) is 13.6. The summed E-state index contributed by atoms with van der Waals surface area (Å²) in [5.41, 5.74) is 3.12. The molecule has 0 nitrogen and oxygen atoms in total. The van der Waals surface area contributed by atoms with Crippen LogP contribution < -0.4 is 0 Å². The third-order valence-electron chi connectivity index (χ3n) is 5.82. The topological polar surface area (TPSA) is 0 Å². The lowest BCUT2D eigenvalue weighted by Crippen LogP contribution is -2.13. The van der Waals surface area contributed by atoms with E-state index in [1.807, 2.05) is 0 Å². The normalized spacial score (nSPS) is 13.3. The quantitative estimate of drug-likeness (QED) is 0.408. The fourth-order valence-corrected chi connectivity index (χ4v) is 7.58. The Morgan fingerprint density at radius 1 is 0.517 bits per heavy atom. The fourth-order valence-electron chi connectivity index (χ4n) is 3.94. The summed E-state index contributed by atoms with van der Waals surface area (Å²) < 4.78 is 0. The molecule has 0 saturated carbocycles. The maximum absolute atomic E-state index is 2.38. The molecule has 3 rings (SSSR count). The third kappa shape index (κ3) is 4.31. The van der Waals surface area contributed by atoms with Crippen LogP contribution in [-0.2, 0) is 10.8 Å². The Balaban J connectivity index is 2.20. The van der Waals surface area contributed by atoms with Crippen LogP contribution in [0.1, 0.15) is 59.6 Å². The standard InChI is InChI=1S/C28H36S/c1-8-29(24-12-10-9-11-13-24,25-18-14-22(15-19-25)27(2,3)4)26-20-16-23(17-21-26)28(5,6)7/h9-21H,8H2,1-7H3. The van der Waals surface area contributed by atoms with Gasteiger partial charge in [0.2, 0.25) is 0 Å². The van der Waals surface area contributed by atoms with Gasteiger partial charge in [-0.3, -0.25) is 0 Å². The highest BCUT2D eigenvalue weighted by Gasteiger charge is 2.30. The molecule has 3 aromatic rings. The van der Waals surface area contributed by atoms with Crippen molar-refractivity contribution in [2.75, 3.05) is 5.75 Å². The number of hydrogen-bond donors (Lipinski definition) is 0. The summed E-state index contributed by atoms with van der Waals surface area (Å²) in [6.45, 7) is 16.0. The van der Waals surface area contributed by atoms with Gasteiger partial charge in [0.05, 0.1) is 0 Å². The maximum atomic E-state index is 2.38. The van der Waals surface area contributed by atoms with Crippen molar-refractivity contribution in [3.8, 4) is 0 Å². The molecule has 0 bridgehead atoms. The summed E-state index contributed by atoms with van der Waals surface area (Å²) in [7, 11) is -1.30. The highest BCUT2D eigenvalue weighted by atomic mass is 32.3. The van der Waals surface area contributed by atoms with Crippen molar-refractivity contribution in [1.29, 1.82) is 0 Å². The van der Waals surface area contributed by atoms with Gasteiger partial charge in [-0.1, -0.05) is 90.9 Å². The van der Waals surface area contributed by atoms with Gasteiger partial charge in [0.15, 0.2) is 0 Å². The first-order valence-electron chi connectivity index (χ1n) is 10.7. The largest absolute Gasteiger partial charge is 0.161 e. The molecule has 154 valence electrons. The minimum atomic E-state index is -1.30. The van der Waals surface area contributed by atoms with Crippen LogP contribution in [0.2, 0.25) is 0 Å². The van der Waals surface area contributed by atoms with Gasteiger partial charge >= 0.3 is 0 Å². The highest BCUT2D eigenvalue weighted by Crippen LogP contribution is 2.68. The Kier molecular flexibility index (Phi) is 6.01. The lowest BCUT2D eigenvalue weighted by Gasteiger charge is -2.41. The van der Waals surface area contributed by atoms with Crippen LogP contribution in [-0.4, -0.2) is 5.75 Å². The van der Waals surface area contributed by atoms with Gasteiger partial charge in [0.25, 0.3) is 0 Å². The molecule has 1 heteroatoms. The Bertz CT molecular complexity index is 863. The molecule has 0 aromatic heterocycles. The molecule has 0 fully saturated rings. The van der Waals surface area contributed by atoms with Crippen molar-refractivity contribution in [3.63, 3.8) is 0 Å². The zero-order valence-corrected chi connectivity index (χ0v) is 19.9. The van der Waals surface area contributed by atoms with Crippen molar-refractivity contribution in [2.24, 2.45) is 0 Å². The van der Waals surface area contributed by atoms with E-state index in [-0.39, 0.29) is 10.8 Å². The van der Waals surface area contributed by atoms with Crippen LogP contribution in [0.5, 0.6) is 0 Å². The van der Waals surface area contributed by atoms with Crippen LogP contribution >= 0.6 is 10.0 Å². The molecule has 3 aromatic carbocycles. The van der Waals surface area contributed by atoms with E-state index in [2.05, 4.69) is 127 Å². The second-order valence-corrected chi connectivity index (χ2v) is 13.4. The number of rotatable bonds is 4. The molecule has 0 heterocycles. The molecular weight excluding hydrogens is 368 g/mol. The molecule has 0 atom stereocenters. The molecule has 0 aliphatic heterocycles. The zero-order valence-electron chi connectivity index (χ0n) is 19.1. The number of benzene rings is 3. The predicted molar refractivity (Wildman–Crippen MR) is 130 cm³/mol. The van der Waals surface area contributed by atoms with Gasteiger partial charge in [-0.25, -0.2) is 0 Å². The van der Waals surface area contributed by atoms with Gasteiger partial charge in [-0.2, -0.15) is 10.0 Å². The first kappa shape index (κ1) is 21.7. The summed E-state index contributed by atoms with van der Waals surface area (Å²) in [5, 5.41) is 0. The summed E-state index contributed by atoms with van der Waals surface area (Å²) in [6, 6.07) is 30.0. The fraction of sp³-hybridized carbons (Fsp3) is 0.357. The van der Waals surface area contributed by atoms with E-state index in [1.165, 1.54) is 25.8 Å². The van der Waals surface area contributed by atoms with E-state index >= 15 is 0 Å². The third-order valence-corrected chi connectivity index (χ3v) is 9.92. The van der Waals surface area contributed by atoms with Gasteiger partial charge in [0, 0.05) is 0 Å². The monoisotopic (exact) mass is 404 g/mol. The van der Waals surface area contributed by atoms with E-state index in [4.69, 9.17) is 0 Å². The van der Waals surface area contributed by atoms with Crippen molar-refractivity contribution in [2.45, 2.75) is 74.0 Å². The summed E-state index contributed by atoms with van der Waals surface area (Å²) in [6.07, 6.45) is 0. The summed E-state index contributed by atoms with van der Waals surface area (Å²) in [5.74, 6) is 1.10. The first-order valence-corrected chi connectivity index (χ1v) is 12.5. The van der Waals surface area contributed by atoms with E-state index in [0.717, 1.165) is 5.75 Å². The minimum Gasteiger partial charge on any atom is -0.161 e. The molecule has 0 N–H and O–H groups in total. The van der Waals surface area contributed by atoms with Crippen molar-refractivity contribution >= 4 is 10.0 Å². The zero-order chi connectivity index (χ0) is 21.3. The van der Waals surface area contributed by atoms with Crippen LogP contribution in [0.25, 0.3) is 0 Å². The van der Waals surface area contributed by atoms with E-state index < -0.39 is 10.0 Å². The lowest BCUT2D eigenvalue weighted by atomic mass is 9.87. The molecule has 0 radical (unpaired) electrons. The van der Waals surface area contributed by atoms with Gasteiger partial charge in [-0.05, 0) is 78.8 Å². The lowest BCUT2D eigenvalue weighted by molar-refractivity contribution is 0.589. The molecule has 0 amide bonds. The molecular formula is C28H36S. The van der Waals surface area contributed by atoms with Gasteiger partial charge < -0.3 is 0 Å². The molecule has 0 aliphatic rings. The van der Waals surface area contributed by atoms with E-state index in [1.54, 1.807) is 0 Å². The Hall–Kier alpha value is -1.99. The van der Waals surface area contributed by atoms with Crippen LogP contribution in [0.15, 0.2) is 93.5 Å². The van der Waals surface area contributed by atoms with Gasteiger partial charge in [-0.15, -0.1) is 0 Å². The molecule has 29 heavy (non-hydrogen) atoms. The van der Waals surface area contributed by atoms with Crippen LogP contribution in [0.4, 0.5) is 0 Å². The Morgan fingerprint density at radius 2 is 0.862 bits per heavy atom. The average molecular weight is 405 g/mol. The van der Waals surface area contributed by atoms with E-state index in [0.29, 0.717) is 0 Å². The Labute approximate surface area is 179 Å². The van der Waals surface area contributed by atoms with Crippen molar-refractivity contribution < 1.29 is 0 Å². The predicted octanol–water partition coefficient (Wildman–Crippen LogP) is 8.58. The molecule has 0 aliphatic carbocycles. The summed E-state index contributed by atoms with van der Waals surface area (Å²) in [4.78, 5) is 4.33. The van der Waals surface area contributed by atoms with Crippen LogP contribution in [0, 0.1) is 0 Å². The number of hydrogen-bond acceptors (Lipinski definition) is 0. The molecule has 0 saturated heterocycles. The molecule has 0 unspecified atom stereocenters. The van der Waals surface area contributed by atoms with Crippen LogP contribution in [0.3, 0.4) is 0 Å². The maximum Gasteiger partial charge on any atom is -0.00186 e. The Morgan fingerprint density at radius 3 is 1.17 bits per heavy atom. The molecule has 0 spiro atoms. The second kappa shape index (κ2) is 8.03. The van der Waals surface area contributed by atoms with Crippen molar-refractivity contribution in [1.82, 2.24) is 0 Å². The smallest absolute Gasteiger partial charge is 0.00186 e. The second-order valence-electron chi connectivity index (χ2n) is 9.89. The average Bonchev–Trinajstić information content (AvgIpc) is 2.69. The minimum absolute atomic E-state index is 0.170. The van der Waals surface area contributed by atoms with Gasteiger partial charge in [0.1, 0.15) is 0 Å².